The zero-order valence-corrected chi connectivity index (χ0v) is 30.6. The SMILES string of the molecule is c1ccc2c(c1)ccc1c2c2ccc(-n3c4ccccc4c4ccc5ccccc5c43)cc2n1-c1nc(-n2c3ccccc3c3ccccc32)c2ccccc2n1. The van der Waals surface area contributed by atoms with E-state index >= 15 is 0 Å². The van der Waals surface area contributed by atoms with Crippen LogP contribution in [0.5, 0.6) is 0 Å². The van der Waals surface area contributed by atoms with Crippen LogP contribution in [0.4, 0.5) is 0 Å². The van der Waals surface area contributed by atoms with Gasteiger partial charge in [-0.05, 0) is 64.7 Å². The molecule has 13 aromatic rings. The number of fused-ring (bicyclic) bond motifs is 14. The lowest BCUT2D eigenvalue weighted by Gasteiger charge is -2.14. The van der Waals surface area contributed by atoms with Gasteiger partial charge in [0.15, 0.2) is 5.82 Å². The van der Waals surface area contributed by atoms with Gasteiger partial charge < -0.3 is 4.57 Å². The fourth-order valence-electron chi connectivity index (χ4n) is 9.60. The molecule has 0 unspecified atom stereocenters. The number of nitrogens with zero attached hydrogens (tertiary/aromatic N) is 5. The molecule has 0 atom stereocenters. The summed E-state index contributed by atoms with van der Waals surface area (Å²) in [6.07, 6.45) is 0. The van der Waals surface area contributed by atoms with E-state index in [0.29, 0.717) is 5.95 Å². The van der Waals surface area contributed by atoms with Crippen LogP contribution in [0.1, 0.15) is 0 Å². The molecule has 4 heterocycles. The molecular formula is C52H31N5. The van der Waals surface area contributed by atoms with Crippen LogP contribution < -0.4 is 0 Å². The Hall–Kier alpha value is -7.76. The van der Waals surface area contributed by atoms with E-state index in [-0.39, 0.29) is 0 Å². The van der Waals surface area contributed by atoms with Crippen LogP contribution in [0, 0.1) is 0 Å². The number of rotatable bonds is 3. The summed E-state index contributed by atoms with van der Waals surface area (Å²) >= 11 is 0. The van der Waals surface area contributed by atoms with Crippen molar-refractivity contribution >= 4 is 97.9 Å². The van der Waals surface area contributed by atoms with E-state index in [1.165, 1.54) is 59.5 Å². The Morgan fingerprint density at radius 2 is 0.860 bits per heavy atom. The molecule has 0 bridgehead atoms. The highest BCUT2D eigenvalue weighted by molar-refractivity contribution is 6.22. The molecule has 0 saturated carbocycles. The van der Waals surface area contributed by atoms with Gasteiger partial charge in [0.2, 0.25) is 5.95 Å². The molecule has 9 aromatic carbocycles. The van der Waals surface area contributed by atoms with Crippen LogP contribution in [0.15, 0.2) is 188 Å². The topological polar surface area (TPSA) is 40.6 Å². The highest BCUT2D eigenvalue weighted by Crippen LogP contribution is 2.41. The van der Waals surface area contributed by atoms with Crippen molar-refractivity contribution in [2.75, 3.05) is 0 Å². The van der Waals surface area contributed by atoms with Crippen molar-refractivity contribution in [3.05, 3.63) is 188 Å². The third-order valence-electron chi connectivity index (χ3n) is 12.0. The predicted octanol–water partition coefficient (Wildman–Crippen LogP) is 13.2. The summed E-state index contributed by atoms with van der Waals surface area (Å²) in [6.45, 7) is 0. The second kappa shape index (κ2) is 11.4. The summed E-state index contributed by atoms with van der Waals surface area (Å²) in [7, 11) is 0. The van der Waals surface area contributed by atoms with Gasteiger partial charge in [0.05, 0.1) is 38.6 Å². The smallest absolute Gasteiger partial charge is 0.237 e. The van der Waals surface area contributed by atoms with Gasteiger partial charge >= 0.3 is 0 Å². The summed E-state index contributed by atoms with van der Waals surface area (Å²) in [4.78, 5) is 11.0. The average molecular weight is 726 g/mol. The lowest BCUT2D eigenvalue weighted by molar-refractivity contribution is 0.972. The van der Waals surface area contributed by atoms with E-state index in [0.717, 1.165) is 49.9 Å². The van der Waals surface area contributed by atoms with Crippen molar-refractivity contribution in [1.29, 1.82) is 0 Å². The molecule has 0 amide bonds. The van der Waals surface area contributed by atoms with Gasteiger partial charge in [0, 0.05) is 48.8 Å². The van der Waals surface area contributed by atoms with E-state index in [9.17, 15) is 0 Å². The van der Waals surface area contributed by atoms with Gasteiger partial charge in [-0.15, -0.1) is 0 Å². The second-order valence-electron chi connectivity index (χ2n) is 15.0. The molecule has 0 fully saturated rings. The largest absolute Gasteiger partial charge is 0.309 e. The average Bonchev–Trinajstić information content (AvgIpc) is 3.92. The van der Waals surface area contributed by atoms with Crippen molar-refractivity contribution in [3.8, 4) is 17.5 Å². The van der Waals surface area contributed by atoms with Crippen molar-refractivity contribution in [2.24, 2.45) is 0 Å². The maximum atomic E-state index is 5.61. The van der Waals surface area contributed by atoms with Gasteiger partial charge in [-0.3, -0.25) is 9.13 Å². The fourth-order valence-corrected chi connectivity index (χ4v) is 9.60. The minimum Gasteiger partial charge on any atom is -0.309 e. The zero-order valence-electron chi connectivity index (χ0n) is 30.6. The predicted molar refractivity (Wildman–Crippen MR) is 238 cm³/mol. The molecule has 0 radical (unpaired) electrons. The Kier molecular flexibility index (Phi) is 6.10. The Bertz CT molecular complexity index is 3770. The van der Waals surface area contributed by atoms with Crippen molar-refractivity contribution < 1.29 is 0 Å². The maximum absolute atomic E-state index is 5.61. The molecule has 13 rings (SSSR count). The highest BCUT2D eigenvalue weighted by Gasteiger charge is 2.22. The summed E-state index contributed by atoms with van der Waals surface area (Å²) in [6, 6.07) is 67.7. The van der Waals surface area contributed by atoms with E-state index in [1.54, 1.807) is 0 Å². The van der Waals surface area contributed by atoms with E-state index in [4.69, 9.17) is 9.97 Å². The molecule has 0 N–H and O–H groups in total. The van der Waals surface area contributed by atoms with Gasteiger partial charge in [-0.1, -0.05) is 140 Å². The fraction of sp³-hybridized carbons (Fsp3) is 0. The molecule has 0 aliphatic heterocycles. The number of para-hydroxylation sites is 4. The molecule has 5 nitrogen and oxygen atoms in total. The first kappa shape index (κ1) is 30.6. The molecule has 0 aliphatic rings. The zero-order chi connectivity index (χ0) is 37.2. The summed E-state index contributed by atoms with van der Waals surface area (Å²) in [5.74, 6) is 1.49. The maximum Gasteiger partial charge on any atom is 0.237 e. The second-order valence-corrected chi connectivity index (χ2v) is 15.0. The minimum atomic E-state index is 0.630. The Morgan fingerprint density at radius 3 is 1.60 bits per heavy atom. The molecule has 0 aliphatic carbocycles. The van der Waals surface area contributed by atoms with Gasteiger partial charge in [-0.2, -0.15) is 4.98 Å². The monoisotopic (exact) mass is 725 g/mol. The van der Waals surface area contributed by atoms with E-state index in [2.05, 4.69) is 202 Å². The number of benzene rings is 9. The number of aromatic nitrogens is 5. The summed E-state index contributed by atoms with van der Waals surface area (Å²) in [5.41, 5.74) is 8.70. The summed E-state index contributed by atoms with van der Waals surface area (Å²) in [5, 5.41) is 13.1. The van der Waals surface area contributed by atoms with E-state index < -0.39 is 0 Å². The molecule has 57 heavy (non-hydrogen) atoms. The third-order valence-corrected chi connectivity index (χ3v) is 12.0. The van der Waals surface area contributed by atoms with Crippen molar-refractivity contribution in [1.82, 2.24) is 23.7 Å². The lowest BCUT2D eigenvalue weighted by atomic mass is 10.0. The first-order valence-electron chi connectivity index (χ1n) is 19.4. The van der Waals surface area contributed by atoms with E-state index in [1.807, 2.05) is 0 Å². The Morgan fingerprint density at radius 1 is 0.316 bits per heavy atom. The van der Waals surface area contributed by atoms with Crippen LogP contribution in [-0.2, 0) is 0 Å². The molecule has 0 spiro atoms. The molecule has 264 valence electrons. The van der Waals surface area contributed by atoms with Crippen LogP contribution >= 0.6 is 0 Å². The minimum absolute atomic E-state index is 0.630. The van der Waals surface area contributed by atoms with Crippen molar-refractivity contribution in [3.63, 3.8) is 0 Å². The van der Waals surface area contributed by atoms with Crippen LogP contribution in [0.3, 0.4) is 0 Å². The Balaban J connectivity index is 1.18. The molecule has 5 heteroatoms. The standard InChI is InChI=1S/C52H31N5/c1-3-15-35-32(13-1)26-30-47-49(35)42-29-27-34(55-44-22-10-8-19-39(44)40-28-25-33-14-2-4-16-36(33)50(40)55)31-48(42)57(47)52-53-43-21-9-5-20-41(43)51(54-52)56-45-23-11-6-17-37(45)38-18-7-12-24-46(38)56/h1-31H. The first-order chi connectivity index (χ1) is 28.3. The summed E-state index contributed by atoms with van der Waals surface area (Å²) < 4.78 is 7.05. The van der Waals surface area contributed by atoms with Crippen LogP contribution in [0.25, 0.3) is 115 Å². The van der Waals surface area contributed by atoms with Crippen molar-refractivity contribution in [2.45, 2.75) is 0 Å². The first-order valence-corrected chi connectivity index (χ1v) is 19.4. The van der Waals surface area contributed by atoms with Crippen LogP contribution in [0.2, 0.25) is 0 Å². The Labute approximate surface area is 325 Å². The van der Waals surface area contributed by atoms with Gasteiger partial charge in [0.1, 0.15) is 0 Å². The molecule has 4 aromatic heterocycles. The molecule has 0 saturated heterocycles. The third kappa shape index (κ3) is 4.17. The number of hydrogen-bond donors (Lipinski definition) is 0. The lowest BCUT2D eigenvalue weighted by Crippen LogP contribution is -2.07. The number of hydrogen-bond acceptors (Lipinski definition) is 2. The van der Waals surface area contributed by atoms with Crippen LogP contribution in [-0.4, -0.2) is 23.7 Å². The normalized spacial score (nSPS) is 12.2. The van der Waals surface area contributed by atoms with Gasteiger partial charge in [0.25, 0.3) is 0 Å². The quantitative estimate of drug-likeness (QED) is 0.182. The highest BCUT2D eigenvalue weighted by atomic mass is 15.2. The van der Waals surface area contributed by atoms with Gasteiger partial charge in [-0.25, -0.2) is 4.98 Å². The molecular weight excluding hydrogens is 695 g/mol.